The van der Waals surface area contributed by atoms with Gasteiger partial charge in [0.25, 0.3) is 0 Å². The maximum Gasteiger partial charge on any atom is 0.187 e. The highest BCUT2D eigenvalue weighted by atomic mass is 16.8. The fourth-order valence-corrected chi connectivity index (χ4v) is 9.24. The fourth-order valence-electron chi connectivity index (χ4n) is 9.24. The van der Waals surface area contributed by atoms with Gasteiger partial charge in [-0.25, -0.2) is 0 Å². The smallest absolute Gasteiger partial charge is 0.187 e. The summed E-state index contributed by atoms with van der Waals surface area (Å²) in [6.45, 7) is -4.56. The molecule has 0 saturated carbocycles. The SMILES string of the molecule is OC[C@@H]1O[C@@H](OC2[C@H](O[C@@H]3CO[C@H](O[C@@H]4CO[C@H](O[C@@H]5CO[C@H](O[C@@H]6CO[C@@H](O[C@@H]7CO[C@@H](O)C(O)[C@H]7O)C(O)[C@H]6O)C(O)[C@H]5O)C(O)[C@H]4O)C(O)[C@H]3O)OC[C@@H](O)[C@@H]2O[C@@H]2O[C@@H](CO)[C@@H](O)C2O)C(O)[C@@H]1O. The lowest BCUT2D eigenvalue weighted by Gasteiger charge is -2.46. The Labute approximate surface area is 412 Å². The second-order valence-corrected chi connectivity index (χ2v) is 18.7. The molecule has 0 spiro atoms. The number of aliphatic hydroxyl groups excluding tert-OH is 18. The van der Waals surface area contributed by atoms with Crippen molar-refractivity contribution < 1.29 is 163 Å². The van der Waals surface area contributed by atoms with E-state index < -0.39 is 250 Å². The molecule has 73 heavy (non-hydrogen) atoms. The van der Waals surface area contributed by atoms with E-state index in [0.717, 1.165) is 0 Å². The molecule has 8 heterocycles. The van der Waals surface area contributed by atoms with Gasteiger partial charge in [0.15, 0.2) is 50.3 Å². The molecule has 8 aliphatic heterocycles. The van der Waals surface area contributed by atoms with Crippen LogP contribution in [0.25, 0.3) is 0 Å². The second-order valence-electron chi connectivity index (χ2n) is 18.7. The molecule has 33 heteroatoms. The number of aliphatic hydroxyl groups is 18. The lowest BCUT2D eigenvalue weighted by atomic mass is 10.0. The summed E-state index contributed by atoms with van der Waals surface area (Å²) in [6.07, 6.45) is -52.9. The molecule has 0 aliphatic carbocycles. The van der Waals surface area contributed by atoms with E-state index in [0.29, 0.717) is 0 Å². The van der Waals surface area contributed by atoms with Crippen LogP contribution in [0.5, 0.6) is 0 Å². The summed E-state index contributed by atoms with van der Waals surface area (Å²) in [4.78, 5) is 0. The summed E-state index contributed by atoms with van der Waals surface area (Å²) in [5.74, 6) is 0. The molecule has 0 aromatic heterocycles. The summed E-state index contributed by atoms with van der Waals surface area (Å²) in [5.41, 5.74) is 0. The number of hydrogen-bond donors (Lipinski definition) is 18. The predicted octanol–water partition coefficient (Wildman–Crippen LogP) is -13.3. The van der Waals surface area contributed by atoms with Crippen LogP contribution in [-0.4, -0.2) is 342 Å². The first-order valence-electron chi connectivity index (χ1n) is 23.4. The van der Waals surface area contributed by atoms with Gasteiger partial charge < -0.3 is 163 Å². The van der Waals surface area contributed by atoms with Gasteiger partial charge in [-0.15, -0.1) is 0 Å². The Hall–Kier alpha value is -1.32. The van der Waals surface area contributed by atoms with Crippen LogP contribution in [0, 0.1) is 0 Å². The Morgan fingerprint density at radius 2 is 0.562 bits per heavy atom. The number of hydrogen-bond acceptors (Lipinski definition) is 33. The first-order chi connectivity index (χ1) is 34.7. The van der Waals surface area contributed by atoms with Crippen molar-refractivity contribution in [1.29, 1.82) is 0 Å². The molecule has 8 rings (SSSR count). The summed E-state index contributed by atoms with van der Waals surface area (Å²) in [7, 11) is 0. The van der Waals surface area contributed by atoms with Crippen LogP contribution >= 0.6 is 0 Å². The topological polar surface area (TPSA) is 503 Å². The largest absolute Gasteiger partial charge is 0.394 e. The van der Waals surface area contributed by atoms with E-state index in [9.17, 15) is 91.9 Å². The summed E-state index contributed by atoms with van der Waals surface area (Å²) in [5, 5.41) is 189. The van der Waals surface area contributed by atoms with Gasteiger partial charge in [-0.2, -0.15) is 0 Å². The van der Waals surface area contributed by atoms with Crippen LogP contribution in [0.2, 0.25) is 0 Å². The highest BCUT2D eigenvalue weighted by Crippen LogP contribution is 2.35. The predicted molar refractivity (Wildman–Crippen MR) is 216 cm³/mol. The van der Waals surface area contributed by atoms with E-state index in [1.807, 2.05) is 0 Å². The molecule has 8 fully saturated rings. The molecule has 8 unspecified atom stereocenters. The van der Waals surface area contributed by atoms with E-state index in [-0.39, 0.29) is 0 Å². The average molecular weight is 1070 g/mol. The van der Waals surface area contributed by atoms with Crippen molar-refractivity contribution >= 4 is 0 Å². The van der Waals surface area contributed by atoms with Crippen LogP contribution in [0.3, 0.4) is 0 Å². The molecule has 0 aromatic carbocycles. The molecule has 0 radical (unpaired) electrons. The Balaban J connectivity index is 0.814. The minimum atomic E-state index is -1.96. The van der Waals surface area contributed by atoms with Gasteiger partial charge in [0, 0.05) is 0 Å². The van der Waals surface area contributed by atoms with E-state index in [1.165, 1.54) is 0 Å². The Bertz CT molecular complexity index is 1710. The summed E-state index contributed by atoms with van der Waals surface area (Å²) in [6, 6.07) is 0. The van der Waals surface area contributed by atoms with Crippen molar-refractivity contribution in [3.8, 4) is 0 Å². The highest BCUT2D eigenvalue weighted by molar-refractivity contribution is 4.96. The fraction of sp³-hybridized carbons (Fsp3) is 1.00. The molecule has 424 valence electrons. The Morgan fingerprint density at radius 3 is 0.904 bits per heavy atom. The Kier molecular flexibility index (Phi) is 19.6. The van der Waals surface area contributed by atoms with Crippen LogP contribution < -0.4 is 0 Å². The second kappa shape index (κ2) is 24.8. The lowest BCUT2D eigenvalue weighted by Crippen LogP contribution is -2.63. The quantitative estimate of drug-likeness (QED) is 0.0682. The minimum absolute atomic E-state index is 0.391. The van der Waals surface area contributed by atoms with E-state index in [2.05, 4.69) is 0 Å². The van der Waals surface area contributed by atoms with Gasteiger partial charge in [0.2, 0.25) is 0 Å². The van der Waals surface area contributed by atoms with E-state index in [1.54, 1.807) is 0 Å². The first-order valence-corrected chi connectivity index (χ1v) is 23.4. The third-order valence-corrected chi connectivity index (χ3v) is 13.7. The Morgan fingerprint density at radius 1 is 0.274 bits per heavy atom. The van der Waals surface area contributed by atoms with Gasteiger partial charge in [-0.3, -0.25) is 0 Å². The monoisotopic (exact) mass is 1070 g/mol. The zero-order chi connectivity index (χ0) is 52.7. The third kappa shape index (κ3) is 12.3. The van der Waals surface area contributed by atoms with Gasteiger partial charge in [0.1, 0.15) is 146 Å². The van der Waals surface area contributed by atoms with Crippen LogP contribution in [0.15, 0.2) is 0 Å². The number of ether oxygens (including phenoxy) is 15. The van der Waals surface area contributed by atoms with Crippen molar-refractivity contribution in [2.24, 2.45) is 0 Å². The molecule has 0 bridgehead atoms. The molecular formula is C40H66O33. The van der Waals surface area contributed by atoms with Gasteiger partial charge >= 0.3 is 0 Å². The zero-order valence-corrected chi connectivity index (χ0v) is 38.3. The molecule has 0 aromatic rings. The van der Waals surface area contributed by atoms with Gasteiger partial charge in [-0.05, 0) is 0 Å². The molecule has 0 amide bonds. The van der Waals surface area contributed by atoms with E-state index in [4.69, 9.17) is 71.1 Å². The third-order valence-electron chi connectivity index (χ3n) is 13.7. The number of rotatable bonds is 16. The van der Waals surface area contributed by atoms with Crippen molar-refractivity contribution in [1.82, 2.24) is 0 Å². The van der Waals surface area contributed by atoms with Crippen LogP contribution in [0.4, 0.5) is 0 Å². The molecule has 33 nitrogen and oxygen atoms in total. The molecule has 18 N–H and O–H groups in total. The molecule has 32 atom stereocenters. The standard InChI is InChI=1S/C40H66O33/c41-1-10-17(44)29(56)38(65-10)72-31-9(43)3-60-40(32(31)73-39-30(57)18(45)11(2-42)66-39)71-16-8-64-37(28(55)23(16)50)70-15-7-63-36(27(54)22(15)49)69-14-6-62-35(26(53)21(14)48)68-13-5-61-34(25(52)20(13)47)67-12-4-59-33(58)24(51)19(12)46/h9-58H,1-8H2/t9-,10+,11+,12-,13-,14-,15-,16-,17-,18-,19+,20+,21+,22+,23+,24?,25?,26?,27?,28?,29?,30?,31+,32?,33-,34+,35-,36-,37-,38+,39+,40+/m1/s1. The maximum absolute atomic E-state index is 11.2. The minimum Gasteiger partial charge on any atom is -0.394 e. The van der Waals surface area contributed by atoms with Crippen LogP contribution in [0.1, 0.15) is 0 Å². The first kappa shape index (κ1) is 57.8. The highest BCUT2D eigenvalue weighted by Gasteiger charge is 2.55. The molecule has 8 aliphatic rings. The molecule has 8 saturated heterocycles. The van der Waals surface area contributed by atoms with Crippen molar-refractivity contribution in [3.05, 3.63) is 0 Å². The van der Waals surface area contributed by atoms with Crippen LogP contribution in [-0.2, 0) is 71.1 Å². The van der Waals surface area contributed by atoms with Gasteiger partial charge in [0.05, 0.1) is 52.9 Å². The van der Waals surface area contributed by atoms with Crippen molar-refractivity contribution in [2.45, 2.75) is 197 Å². The van der Waals surface area contributed by atoms with Gasteiger partial charge in [-0.1, -0.05) is 0 Å². The summed E-state index contributed by atoms with van der Waals surface area (Å²) < 4.78 is 83.5. The maximum atomic E-state index is 11.2. The normalized spacial score (nSPS) is 54.2. The molecular weight excluding hydrogens is 1010 g/mol. The van der Waals surface area contributed by atoms with Crippen molar-refractivity contribution in [2.75, 3.05) is 52.9 Å². The summed E-state index contributed by atoms with van der Waals surface area (Å²) >= 11 is 0. The van der Waals surface area contributed by atoms with Crippen molar-refractivity contribution in [3.63, 3.8) is 0 Å². The lowest BCUT2D eigenvalue weighted by molar-refractivity contribution is -0.373. The zero-order valence-electron chi connectivity index (χ0n) is 38.3. The van der Waals surface area contributed by atoms with E-state index >= 15 is 0 Å². The average Bonchev–Trinajstić information content (AvgIpc) is 3.81.